The smallest absolute Gasteiger partial charge is 0.0594 e. The molecule has 2 aliphatic heterocycles. The minimum Gasteiger partial charge on any atom is -0.379 e. The van der Waals surface area contributed by atoms with Gasteiger partial charge in [-0.25, -0.2) is 0 Å². The van der Waals surface area contributed by atoms with E-state index < -0.39 is 0 Å². The van der Waals surface area contributed by atoms with E-state index in [1.54, 1.807) is 0 Å². The van der Waals surface area contributed by atoms with Crippen molar-refractivity contribution in [1.29, 1.82) is 0 Å². The van der Waals surface area contributed by atoms with Crippen molar-refractivity contribution < 1.29 is 4.74 Å². The quantitative estimate of drug-likeness (QED) is 0.487. The maximum atomic E-state index is 5.24. The van der Waals surface area contributed by atoms with E-state index in [0.717, 1.165) is 26.3 Å². The highest BCUT2D eigenvalue weighted by atomic mass is 16.5. The third kappa shape index (κ3) is 1.68. The van der Waals surface area contributed by atoms with Crippen molar-refractivity contribution in [2.75, 3.05) is 46.1 Å². The number of hydrogen-bond donors (Lipinski definition) is 0. The van der Waals surface area contributed by atoms with Gasteiger partial charge in [-0.3, -0.25) is 9.80 Å². The number of nitrogens with zero attached hydrogens (tertiary/aromatic N) is 2. The van der Waals surface area contributed by atoms with Gasteiger partial charge in [0.15, 0.2) is 0 Å². The molecular formula is C7H14N2O. The Morgan fingerprint density at radius 2 is 1.50 bits per heavy atom. The first-order valence-corrected chi connectivity index (χ1v) is 3.97. The standard InChI is InChI=1S/C7H14N2O/c1-2-8(1)7-9-3-5-10-6-4-9/h1-7H2. The van der Waals surface area contributed by atoms with E-state index in [2.05, 4.69) is 9.80 Å². The van der Waals surface area contributed by atoms with Crippen LogP contribution in [0, 0.1) is 0 Å². The van der Waals surface area contributed by atoms with Gasteiger partial charge in [-0.15, -0.1) is 0 Å². The minimum absolute atomic E-state index is 0.924. The molecule has 2 heterocycles. The van der Waals surface area contributed by atoms with E-state index in [1.807, 2.05) is 0 Å². The molecule has 0 unspecified atom stereocenters. The van der Waals surface area contributed by atoms with E-state index in [0.29, 0.717) is 0 Å². The molecular weight excluding hydrogens is 128 g/mol. The second-order valence-electron chi connectivity index (χ2n) is 2.99. The van der Waals surface area contributed by atoms with Gasteiger partial charge in [0.1, 0.15) is 0 Å². The maximum Gasteiger partial charge on any atom is 0.0594 e. The second kappa shape index (κ2) is 2.86. The fourth-order valence-corrected chi connectivity index (χ4v) is 1.24. The van der Waals surface area contributed by atoms with Gasteiger partial charge >= 0.3 is 0 Å². The highest BCUT2D eigenvalue weighted by Gasteiger charge is 2.21. The fourth-order valence-electron chi connectivity index (χ4n) is 1.24. The van der Waals surface area contributed by atoms with Crippen LogP contribution in [0.5, 0.6) is 0 Å². The van der Waals surface area contributed by atoms with Gasteiger partial charge in [-0.2, -0.15) is 0 Å². The van der Waals surface area contributed by atoms with Gasteiger partial charge in [0, 0.05) is 26.2 Å². The first kappa shape index (κ1) is 6.58. The molecule has 0 aromatic carbocycles. The molecule has 0 saturated carbocycles. The number of rotatable bonds is 2. The van der Waals surface area contributed by atoms with Gasteiger partial charge in [-0.05, 0) is 0 Å². The van der Waals surface area contributed by atoms with Gasteiger partial charge < -0.3 is 4.74 Å². The van der Waals surface area contributed by atoms with E-state index >= 15 is 0 Å². The monoisotopic (exact) mass is 142 g/mol. The lowest BCUT2D eigenvalue weighted by molar-refractivity contribution is 0.0261. The summed E-state index contributed by atoms with van der Waals surface area (Å²) in [6, 6.07) is 0. The first-order valence-electron chi connectivity index (χ1n) is 3.97. The van der Waals surface area contributed by atoms with Gasteiger partial charge in [-0.1, -0.05) is 0 Å². The molecule has 0 amide bonds. The Balaban J connectivity index is 1.69. The summed E-state index contributed by atoms with van der Waals surface area (Å²) in [7, 11) is 0. The molecule has 0 aromatic heterocycles. The molecule has 0 aromatic rings. The number of ether oxygens (including phenoxy) is 1. The molecule has 2 rings (SSSR count). The largest absolute Gasteiger partial charge is 0.379 e. The van der Waals surface area contributed by atoms with E-state index in [1.165, 1.54) is 19.8 Å². The van der Waals surface area contributed by atoms with E-state index in [4.69, 9.17) is 4.74 Å². The van der Waals surface area contributed by atoms with Crippen molar-refractivity contribution in [3.63, 3.8) is 0 Å². The molecule has 3 nitrogen and oxygen atoms in total. The van der Waals surface area contributed by atoms with Crippen molar-refractivity contribution in [2.24, 2.45) is 0 Å². The predicted octanol–water partition coefficient (Wildman–Crippen LogP) is -0.408. The SMILES string of the molecule is C1CN(CN2CC2)CCO1. The van der Waals surface area contributed by atoms with Gasteiger partial charge in [0.25, 0.3) is 0 Å². The Morgan fingerprint density at radius 1 is 0.900 bits per heavy atom. The Hall–Kier alpha value is -0.120. The normalized spacial score (nSPS) is 28.8. The van der Waals surface area contributed by atoms with Crippen LogP contribution in [0.1, 0.15) is 0 Å². The third-order valence-corrected chi connectivity index (χ3v) is 2.04. The molecule has 0 radical (unpaired) electrons. The van der Waals surface area contributed by atoms with Crippen molar-refractivity contribution in [3.05, 3.63) is 0 Å². The van der Waals surface area contributed by atoms with Crippen LogP contribution in [0.3, 0.4) is 0 Å². The third-order valence-electron chi connectivity index (χ3n) is 2.04. The lowest BCUT2D eigenvalue weighted by Gasteiger charge is -2.26. The lowest BCUT2D eigenvalue weighted by Crippen LogP contribution is -2.39. The minimum atomic E-state index is 0.924. The Labute approximate surface area is 61.6 Å². The predicted molar refractivity (Wildman–Crippen MR) is 38.8 cm³/mol. The summed E-state index contributed by atoms with van der Waals surface area (Å²) < 4.78 is 5.24. The zero-order valence-electron chi connectivity index (χ0n) is 6.25. The number of morpholine rings is 1. The average Bonchev–Trinajstić information content (AvgIpc) is 2.74. The van der Waals surface area contributed by atoms with Crippen molar-refractivity contribution in [2.45, 2.75) is 0 Å². The fraction of sp³-hybridized carbons (Fsp3) is 1.00. The molecule has 58 valence electrons. The molecule has 0 spiro atoms. The number of hydrogen-bond acceptors (Lipinski definition) is 3. The molecule has 10 heavy (non-hydrogen) atoms. The highest BCUT2D eigenvalue weighted by molar-refractivity contribution is 4.73. The van der Waals surface area contributed by atoms with Crippen LogP contribution in [0.15, 0.2) is 0 Å². The van der Waals surface area contributed by atoms with Crippen LogP contribution in [0.2, 0.25) is 0 Å². The van der Waals surface area contributed by atoms with E-state index in [9.17, 15) is 0 Å². The van der Waals surface area contributed by atoms with Crippen LogP contribution in [0.4, 0.5) is 0 Å². The van der Waals surface area contributed by atoms with Crippen molar-refractivity contribution in [3.8, 4) is 0 Å². The topological polar surface area (TPSA) is 15.5 Å². The molecule has 2 fully saturated rings. The van der Waals surface area contributed by atoms with Crippen LogP contribution >= 0.6 is 0 Å². The summed E-state index contributed by atoms with van der Waals surface area (Å²) in [4.78, 5) is 4.89. The van der Waals surface area contributed by atoms with Crippen LogP contribution < -0.4 is 0 Å². The Morgan fingerprint density at radius 3 is 2.10 bits per heavy atom. The summed E-state index contributed by atoms with van der Waals surface area (Å²) in [5, 5.41) is 0. The molecule has 0 N–H and O–H groups in total. The zero-order chi connectivity index (χ0) is 6.81. The summed E-state index contributed by atoms with van der Waals surface area (Å²) in [6.07, 6.45) is 0. The van der Waals surface area contributed by atoms with Crippen LogP contribution in [0.25, 0.3) is 0 Å². The Kier molecular flexibility index (Phi) is 1.88. The molecule has 0 bridgehead atoms. The van der Waals surface area contributed by atoms with Crippen LogP contribution in [-0.2, 0) is 4.74 Å². The van der Waals surface area contributed by atoms with Crippen molar-refractivity contribution in [1.82, 2.24) is 9.80 Å². The zero-order valence-corrected chi connectivity index (χ0v) is 6.25. The first-order chi connectivity index (χ1) is 4.95. The summed E-state index contributed by atoms with van der Waals surface area (Å²) in [6.45, 7) is 7.87. The summed E-state index contributed by atoms with van der Waals surface area (Å²) in [5.41, 5.74) is 0. The molecule has 2 aliphatic rings. The van der Waals surface area contributed by atoms with Gasteiger partial charge in [0.05, 0.1) is 19.9 Å². The highest BCUT2D eigenvalue weighted by Crippen LogP contribution is 2.06. The Bertz CT molecular complexity index is 108. The summed E-state index contributed by atoms with van der Waals surface area (Å²) in [5.74, 6) is 0. The second-order valence-corrected chi connectivity index (χ2v) is 2.99. The molecule has 0 aliphatic carbocycles. The molecule has 3 heteroatoms. The van der Waals surface area contributed by atoms with Crippen molar-refractivity contribution >= 4 is 0 Å². The maximum absolute atomic E-state index is 5.24. The lowest BCUT2D eigenvalue weighted by atomic mass is 10.4. The summed E-state index contributed by atoms with van der Waals surface area (Å²) >= 11 is 0. The van der Waals surface area contributed by atoms with Gasteiger partial charge in [0.2, 0.25) is 0 Å². The molecule has 2 saturated heterocycles. The average molecular weight is 142 g/mol. The van der Waals surface area contributed by atoms with Crippen LogP contribution in [-0.4, -0.2) is 55.9 Å². The molecule has 0 atom stereocenters. The van der Waals surface area contributed by atoms with E-state index in [-0.39, 0.29) is 0 Å².